The molecule has 1 fully saturated rings. The van der Waals surface area contributed by atoms with Gasteiger partial charge in [0.2, 0.25) is 5.95 Å². The van der Waals surface area contributed by atoms with Gasteiger partial charge in [0.15, 0.2) is 0 Å². The van der Waals surface area contributed by atoms with Crippen LogP contribution >= 0.6 is 11.6 Å². The molecule has 0 radical (unpaired) electrons. The molecule has 32 heavy (non-hydrogen) atoms. The first-order valence-corrected chi connectivity index (χ1v) is 11.0. The summed E-state index contributed by atoms with van der Waals surface area (Å²) in [6, 6.07) is 15.1. The van der Waals surface area contributed by atoms with E-state index in [0.29, 0.717) is 29.0 Å². The van der Waals surface area contributed by atoms with Crippen molar-refractivity contribution in [2.45, 2.75) is 32.7 Å². The smallest absolute Gasteiger partial charge is 0.270 e. The molecule has 2 N–H and O–H groups in total. The molecule has 4 aromatic rings. The Kier molecular flexibility index (Phi) is 5.27. The molecule has 4 heterocycles. The van der Waals surface area contributed by atoms with Gasteiger partial charge in [-0.25, -0.2) is 15.0 Å². The first-order valence-electron chi connectivity index (χ1n) is 10.6. The van der Waals surface area contributed by atoms with Crippen LogP contribution in [0.3, 0.4) is 0 Å². The molecule has 1 saturated heterocycles. The summed E-state index contributed by atoms with van der Waals surface area (Å²) in [4.78, 5) is 32.1. The van der Waals surface area contributed by atoms with E-state index >= 15 is 0 Å². The Labute approximate surface area is 190 Å². The highest BCUT2D eigenvalue weighted by atomic mass is 35.5. The standard InChI is InChI=1S/C24H23ClN6O/c1-14-11-15(2)27-24(26-14)30-22-7-3-5-18(29-22)21-6-4-10-31(21)23(32)20-12-16-8-9-17(25)13-19(16)28-20/h3,5,7-9,11-13,21,28H,4,6,10H2,1-2H3,(H,26,27,29,30). The van der Waals surface area contributed by atoms with Gasteiger partial charge in [-0.2, -0.15) is 0 Å². The molecule has 0 bridgehead atoms. The number of aromatic amines is 1. The first-order chi connectivity index (χ1) is 15.5. The van der Waals surface area contributed by atoms with E-state index in [1.165, 1.54) is 0 Å². The van der Waals surface area contributed by atoms with Crippen molar-refractivity contribution in [2.75, 3.05) is 11.9 Å². The van der Waals surface area contributed by atoms with Crippen LogP contribution in [-0.4, -0.2) is 37.3 Å². The van der Waals surface area contributed by atoms with E-state index in [9.17, 15) is 4.79 Å². The quantitative estimate of drug-likeness (QED) is 0.441. The number of carbonyl (C=O) groups is 1. The minimum Gasteiger partial charge on any atom is -0.350 e. The maximum absolute atomic E-state index is 13.3. The molecule has 0 aliphatic carbocycles. The van der Waals surface area contributed by atoms with Crippen LogP contribution in [0.4, 0.5) is 11.8 Å². The van der Waals surface area contributed by atoms with Crippen molar-refractivity contribution < 1.29 is 4.79 Å². The molecule has 3 aromatic heterocycles. The molecule has 0 spiro atoms. The van der Waals surface area contributed by atoms with E-state index in [1.807, 2.05) is 67.3 Å². The van der Waals surface area contributed by atoms with Crippen LogP contribution in [-0.2, 0) is 0 Å². The van der Waals surface area contributed by atoms with Crippen LogP contribution in [0.1, 0.15) is 46.5 Å². The van der Waals surface area contributed by atoms with Crippen molar-refractivity contribution in [1.29, 1.82) is 0 Å². The first kappa shape index (κ1) is 20.5. The lowest BCUT2D eigenvalue weighted by molar-refractivity contribution is 0.0728. The Morgan fingerprint density at radius 2 is 1.91 bits per heavy atom. The Balaban J connectivity index is 1.40. The number of benzene rings is 1. The minimum atomic E-state index is -0.0839. The van der Waals surface area contributed by atoms with Crippen LogP contribution in [0.25, 0.3) is 10.9 Å². The average molecular weight is 447 g/mol. The predicted molar refractivity (Wildman–Crippen MR) is 125 cm³/mol. The number of halogens is 1. The SMILES string of the molecule is Cc1cc(C)nc(Nc2cccc(C3CCCN3C(=O)c3cc4ccc(Cl)cc4[nH]3)n2)n1. The number of nitrogens with zero attached hydrogens (tertiary/aromatic N) is 4. The molecule has 1 aliphatic rings. The lowest BCUT2D eigenvalue weighted by Gasteiger charge is -2.24. The molecule has 1 aliphatic heterocycles. The largest absolute Gasteiger partial charge is 0.350 e. The molecule has 162 valence electrons. The predicted octanol–water partition coefficient (Wildman–Crippen LogP) is 5.34. The molecule has 1 atom stereocenters. The number of pyridine rings is 1. The summed E-state index contributed by atoms with van der Waals surface area (Å²) in [5, 5.41) is 4.79. The topological polar surface area (TPSA) is 86.8 Å². The van der Waals surface area contributed by atoms with E-state index in [-0.39, 0.29) is 11.9 Å². The number of amides is 1. The molecular formula is C24H23ClN6O. The van der Waals surface area contributed by atoms with Crippen LogP contribution in [0.15, 0.2) is 48.5 Å². The van der Waals surface area contributed by atoms with Gasteiger partial charge < -0.3 is 15.2 Å². The number of hydrogen-bond acceptors (Lipinski definition) is 5. The summed E-state index contributed by atoms with van der Waals surface area (Å²) >= 11 is 6.09. The lowest BCUT2D eigenvalue weighted by Crippen LogP contribution is -2.31. The van der Waals surface area contributed by atoms with E-state index in [0.717, 1.165) is 40.8 Å². The van der Waals surface area contributed by atoms with Crippen LogP contribution in [0.2, 0.25) is 5.02 Å². The summed E-state index contributed by atoms with van der Waals surface area (Å²) in [6.45, 7) is 4.56. The number of carbonyl (C=O) groups excluding carboxylic acids is 1. The summed E-state index contributed by atoms with van der Waals surface area (Å²) in [5.74, 6) is 1.15. The monoisotopic (exact) mass is 446 g/mol. The number of aryl methyl sites for hydroxylation is 2. The van der Waals surface area contributed by atoms with Crippen molar-refractivity contribution in [2.24, 2.45) is 0 Å². The summed E-state index contributed by atoms with van der Waals surface area (Å²) in [5.41, 5.74) is 4.05. The zero-order chi connectivity index (χ0) is 22.2. The highest BCUT2D eigenvalue weighted by molar-refractivity contribution is 6.31. The second-order valence-electron chi connectivity index (χ2n) is 8.12. The molecule has 5 rings (SSSR count). The number of aromatic nitrogens is 4. The normalized spacial score (nSPS) is 16.0. The average Bonchev–Trinajstić information content (AvgIpc) is 3.39. The lowest BCUT2D eigenvalue weighted by atomic mass is 10.1. The van der Waals surface area contributed by atoms with Crippen LogP contribution in [0, 0.1) is 13.8 Å². The van der Waals surface area contributed by atoms with E-state index in [1.54, 1.807) is 0 Å². The molecule has 7 nitrogen and oxygen atoms in total. The van der Waals surface area contributed by atoms with Crippen molar-refractivity contribution in [1.82, 2.24) is 24.8 Å². The van der Waals surface area contributed by atoms with Gasteiger partial charge in [-0.05, 0) is 63.1 Å². The highest BCUT2D eigenvalue weighted by Crippen LogP contribution is 2.33. The molecular weight excluding hydrogens is 424 g/mol. The maximum atomic E-state index is 13.3. The Morgan fingerprint density at radius 3 is 2.72 bits per heavy atom. The van der Waals surface area contributed by atoms with Gasteiger partial charge >= 0.3 is 0 Å². The Hall–Kier alpha value is -3.45. The second-order valence-corrected chi connectivity index (χ2v) is 8.55. The molecule has 1 aromatic carbocycles. The van der Waals surface area contributed by atoms with Crippen molar-refractivity contribution in [3.8, 4) is 0 Å². The third kappa shape index (κ3) is 4.03. The van der Waals surface area contributed by atoms with Gasteiger partial charge in [0.25, 0.3) is 5.91 Å². The van der Waals surface area contributed by atoms with Gasteiger partial charge in [-0.3, -0.25) is 4.79 Å². The van der Waals surface area contributed by atoms with Gasteiger partial charge in [-0.1, -0.05) is 23.7 Å². The Morgan fingerprint density at radius 1 is 1.09 bits per heavy atom. The third-order valence-corrected chi connectivity index (χ3v) is 5.90. The van der Waals surface area contributed by atoms with Gasteiger partial charge in [0.1, 0.15) is 11.5 Å². The number of likely N-dealkylation sites (tertiary alicyclic amines) is 1. The number of H-pyrrole nitrogens is 1. The van der Waals surface area contributed by atoms with Crippen molar-refractivity contribution in [3.63, 3.8) is 0 Å². The fourth-order valence-electron chi connectivity index (χ4n) is 4.29. The molecule has 1 amide bonds. The number of anilines is 2. The molecule has 8 heteroatoms. The van der Waals surface area contributed by atoms with Crippen molar-refractivity contribution in [3.05, 3.63) is 76.3 Å². The zero-order valence-corrected chi connectivity index (χ0v) is 18.6. The zero-order valence-electron chi connectivity index (χ0n) is 17.9. The minimum absolute atomic E-state index is 0.0300. The third-order valence-electron chi connectivity index (χ3n) is 5.66. The number of rotatable bonds is 4. The van der Waals surface area contributed by atoms with E-state index < -0.39 is 0 Å². The number of fused-ring (bicyclic) bond motifs is 1. The van der Waals surface area contributed by atoms with E-state index in [2.05, 4.69) is 20.3 Å². The van der Waals surface area contributed by atoms with E-state index in [4.69, 9.17) is 16.6 Å². The summed E-state index contributed by atoms with van der Waals surface area (Å²) in [6.07, 6.45) is 1.80. The number of hydrogen-bond donors (Lipinski definition) is 2. The Bertz CT molecular complexity index is 1300. The number of nitrogens with one attached hydrogen (secondary N) is 2. The maximum Gasteiger partial charge on any atom is 0.270 e. The fourth-order valence-corrected chi connectivity index (χ4v) is 4.46. The fraction of sp³-hybridized carbons (Fsp3) is 0.250. The van der Waals surface area contributed by atoms with Gasteiger partial charge in [0.05, 0.1) is 11.7 Å². The summed E-state index contributed by atoms with van der Waals surface area (Å²) in [7, 11) is 0. The van der Waals surface area contributed by atoms with Crippen molar-refractivity contribution >= 4 is 40.2 Å². The van der Waals surface area contributed by atoms with Crippen LogP contribution in [0.5, 0.6) is 0 Å². The van der Waals surface area contributed by atoms with Crippen LogP contribution < -0.4 is 5.32 Å². The highest BCUT2D eigenvalue weighted by Gasteiger charge is 2.32. The van der Waals surface area contributed by atoms with Gasteiger partial charge in [-0.15, -0.1) is 0 Å². The molecule has 0 saturated carbocycles. The van der Waals surface area contributed by atoms with Gasteiger partial charge in [0, 0.05) is 33.9 Å². The summed E-state index contributed by atoms with van der Waals surface area (Å²) < 4.78 is 0. The molecule has 1 unspecified atom stereocenters. The second kappa shape index (κ2) is 8.24.